The van der Waals surface area contributed by atoms with Crippen LogP contribution in [0.25, 0.3) is 0 Å². The second kappa shape index (κ2) is 4.01. The third-order valence-electron chi connectivity index (χ3n) is 3.58. The van der Waals surface area contributed by atoms with Crippen LogP contribution in [0.1, 0.15) is 36.0 Å². The van der Waals surface area contributed by atoms with Crippen LogP contribution in [0, 0.1) is 19.7 Å². The smallest absolute Gasteiger partial charge is 0.130 e. The summed E-state index contributed by atoms with van der Waals surface area (Å²) in [5.41, 5.74) is 8.28. The van der Waals surface area contributed by atoms with Crippen molar-refractivity contribution >= 4 is 11.6 Å². The molecule has 0 heterocycles. The fourth-order valence-corrected chi connectivity index (χ4v) is 2.17. The molecule has 1 nitrogen and oxygen atoms in total. The van der Waals surface area contributed by atoms with Gasteiger partial charge in [-0.05, 0) is 56.7 Å². The number of halogens is 2. The predicted molar refractivity (Wildman–Crippen MR) is 65.4 cm³/mol. The van der Waals surface area contributed by atoms with Crippen LogP contribution >= 0.6 is 11.6 Å². The molecule has 3 heteroatoms. The second-order valence-corrected chi connectivity index (χ2v) is 5.35. The molecule has 1 aliphatic rings. The summed E-state index contributed by atoms with van der Waals surface area (Å²) in [7, 11) is 0. The van der Waals surface area contributed by atoms with Gasteiger partial charge in [-0.25, -0.2) is 4.39 Å². The molecular weight excluding hydrogens is 225 g/mol. The molecular formula is C13H17ClFN. The molecule has 0 aromatic heterocycles. The van der Waals surface area contributed by atoms with E-state index in [2.05, 4.69) is 0 Å². The summed E-state index contributed by atoms with van der Waals surface area (Å²) in [5.74, 6) is -0.177. The van der Waals surface area contributed by atoms with Crippen molar-refractivity contribution in [3.05, 3.63) is 33.6 Å². The zero-order valence-electron chi connectivity index (χ0n) is 9.74. The van der Waals surface area contributed by atoms with Gasteiger partial charge in [0.05, 0.1) is 0 Å². The van der Waals surface area contributed by atoms with Crippen LogP contribution in [0.2, 0.25) is 5.02 Å². The maximum atomic E-state index is 13.8. The number of hydrogen-bond acceptors (Lipinski definition) is 1. The summed E-state index contributed by atoms with van der Waals surface area (Å²) in [6.45, 7) is 3.52. The Morgan fingerprint density at radius 1 is 1.38 bits per heavy atom. The molecule has 0 spiro atoms. The molecule has 2 rings (SSSR count). The van der Waals surface area contributed by atoms with E-state index < -0.39 is 0 Å². The molecule has 1 fully saturated rings. The van der Waals surface area contributed by atoms with Crippen LogP contribution in [-0.2, 0) is 6.42 Å². The van der Waals surface area contributed by atoms with Crippen molar-refractivity contribution in [3.8, 4) is 0 Å². The monoisotopic (exact) mass is 241 g/mol. The highest BCUT2D eigenvalue weighted by molar-refractivity contribution is 6.31. The van der Waals surface area contributed by atoms with Crippen LogP contribution in [0.15, 0.2) is 6.07 Å². The number of hydrogen-bond donors (Lipinski definition) is 1. The topological polar surface area (TPSA) is 26.0 Å². The number of benzene rings is 1. The molecule has 0 aliphatic heterocycles. The van der Waals surface area contributed by atoms with Gasteiger partial charge in [0, 0.05) is 16.1 Å². The Morgan fingerprint density at radius 2 is 2.00 bits per heavy atom. The van der Waals surface area contributed by atoms with Crippen molar-refractivity contribution in [3.63, 3.8) is 0 Å². The van der Waals surface area contributed by atoms with E-state index in [-0.39, 0.29) is 11.4 Å². The molecule has 1 aliphatic carbocycles. The summed E-state index contributed by atoms with van der Waals surface area (Å²) in [4.78, 5) is 0. The Bertz CT molecular complexity index is 424. The van der Waals surface area contributed by atoms with Gasteiger partial charge < -0.3 is 5.73 Å². The van der Waals surface area contributed by atoms with Crippen LogP contribution in [0.3, 0.4) is 0 Å². The van der Waals surface area contributed by atoms with Gasteiger partial charge in [-0.3, -0.25) is 0 Å². The molecule has 0 radical (unpaired) electrons. The molecule has 16 heavy (non-hydrogen) atoms. The number of aryl methyl sites for hydroxylation is 1. The van der Waals surface area contributed by atoms with E-state index in [1.807, 2.05) is 13.0 Å². The quantitative estimate of drug-likeness (QED) is 0.861. The summed E-state index contributed by atoms with van der Waals surface area (Å²) < 4.78 is 13.8. The highest BCUT2D eigenvalue weighted by atomic mass is 35.5. The minimum absolute atomic E-state index is 0.0142. The van der Waals surface area contributed by atoms with Gasteiger partial charge in [0.1, 0.15) is 5.82 Å². The second-order valence-electron chi connectivity index (χ2n) is 4.94. The Labute approximate surface area is 101 Å². The first kappa shape index (κ1) is 11.9. The minimum Gasteiger partial charge on any atom is -0.325 e. The van der Waals surface area contributed by atoms with Crippen LogP contribution in [0.5, 0.6) is 0 Å². The lowest BCUT2D eigenvalue weighted by Crippen LogP contribution is -2.22. The van der Waals surface area contributed by atoms with Gasteiger partial charge in [-0.15, -0.1) is 0 Å². The van der Waals surface area contributed by atoms with Crippen molar-refractivity contribution in [1.29, 1.82) is 0 Å². The van der Waals surface area contributed by atoms with Crippen molar-refractivity contribution in [2.75, 3.05) is 0 Å². The van der Waals surface area contributed by atoms with E-state index in [1.165, 1.54) is 0 Å². The van der Waals surface area contributed by atoms with E-state index in [4.69, 9.17) is 17.3 Å². The molecule has 1 aromatic rings. The maximum Gasteiger partial charge on any atom is 0.130 e. The van der Waals surface area contributed by atoms with Crippen molar-refractivity contribution in [2.45, 2.75) is 45.1 Å². The number of nitrogens with two attached hydrogens (primary N) is 1. The summed E-state index contributed by atoms with van der Waals surface area (Å²) >= 11 is 5.99. The zero-order chi connectivity index (χ0) is 11.9. The third kappa shape index (κ3) is 2.23. The summed E-state index contributed by atoms with van der Waals surface area (Å²) in [6, 6.07) is 1.88. The van der Waals surface area contributed by atoms with E-state index >= 15 is 0 Å². The molecule has 0 unspecified atom stereocenters. The highest BCUT2D eigenvalue weighted by Crippen LogP contribution is 2.37. The first-order valence-corrected chi connectivity index (χ1v) is 6.04. The highest BCUT2D eigenvalue weighted by Gasteiger charge is 2.37. The Kier molecular flexibility index (Phi) is 2.97. The lowest BCUT2D eigenvalue weighted by Gasteiger charge is -2.13. The van der Waals surface area contributed by atoms with Gasteiger partial charge in [-0.1, -0.05) is 11.6 Å². The average Bonchev–Trinajstić information content (AvgIpc) is 2.98. The van der Waals surface area contributed by atoms with Crippen molar-refractivity contribution < 1.29 is 4.39 Å². The molecule has 0 amide bonds. The molecule has 1 saturated carbocycles. The maximum absolute atomic E-state index is 13.8. The lowest BCUT2D eigenvalue weighted by molar-refractivity contribution is 0.589. The Morgan fingerprint density at radius 3 is 2.56 bits per heavy atom. The molecule has 0 atom stereocenters. The van der Waals surface area contributed by atoms with Crippen molar-refractivity contribution in [2.24, 2.45) is 5.73 Å². The first-order valence-electron chi connectivity index (χ1n) is 5.66. The first-order chi connectivity index (χ1) is 7.43. The molecule has 88 valence electrons. The van der Waals surface area contributed by atoms with E-state index in [0.29, 0.717) is 16.1 Å². The standard InChI is InChI=1S/C13H17ClFN/c1-8-10(3-4-13(16)5-6-13)7-11(14)9(2)12(8)15/h7H,3-6,16H2,1-2H3. The van der Waals surface area contributed by atoms with Crippen LogP contribution in [-0.4, -0.2) is 5.54 Å². The predicted octanol–water partition coefficient (Wildman–Crippen LogP) is 3.52. The molecule has 1 aromatic carbocycles. The van der Waals surface area contributed by atoms with E-state index in [0.717, 1.165) is 31.2 Å². The fraction of sp³-hybridized carbons (Fsp3) is 0.538. The van der Waals surface area contributed by atoms with Crippen molar-refractivity contribution in [1.82, 2.24) is 0 Å². The third-order valence-corrected chi connectivity index (χ3v) is 3.98. The van der Waals surface area contributed by atoms with E-state index in [9.17, 15) is 4.39 Å². The SMILES string of the molecule is Cc1c(Cl)cc(CCC2(N)CC2)c(C)c1F. The van der Waals surface area contributed by atoms with Crippen LogP contribution in [0.4, 0.5) is 4.39 Å². The average molecular weight is 242 g/mol. The molecule has 2 N–H and O–H groups in total. The Hall–Kier alpha value is -0.600. The minimum atomic E-state index is -0.177. The lowest BCUT2D eigenvalue weighted by atomic mass is 9.98. The van der Waals surface area contributed by atoms with Gasteiger partial charge in [-0.2, -0.15) is 0 Å². The van der Waals surface area contributed by atoms with Gasteiger partial charge in [0.15, 0.2) is 0 Å². The zero-order valence-corrected chi connectivity index (χ0v) is 10.5. The van der Waals surface area contributed by atoms with Gasteiger partial charge >= 0.3 is 0 Å². The van der Waals surface area contributed by atoms with Crippen LogP contribution < -0.4 is 5.73 Å². The molecule has 0 bridgehead atoms. The Balaban J connectivity index is 2.20. The summed E-state index contributed by atoms with van der Waals surface area (Å²) in [6.07, 6.45) is 3.92. The normalized spacial score (nSPS) is 17.6. The van der Waals surface area contributed by atoms with Gasteiger partial charge in [0.2, 0.25) is 0 Å². The summed E-state index contributed by atoms with van der Waals surface area (Å²) in [5, 5.41) is 0.514. The van der Waals surface area contributed by atoms with Gasteiger partial charge in [0.25, 0.3) is 0 Å². The molecule has 0 saturated heterocycles. The van der Waals surface area contributed by atoms with E-state index in [1.54, 1.807) is 6.92 Å². The fourth-order valence-electron chi connectivity index (χ4n) is 1.95. The number of rotatable bonds is 3. The largest absolute Gasteiger partial charge is 0.325 e.